The molecule has 1 fully saturated rings. The molecule has 1 amide bonds. The zero-order valence-corrected chi connectivity index (χ0v) is 16.8. The van der Waals surface area contributed by atoms with Crippen LogP contribution in [0.3, 0.4) is 0 Å². The van der Waals surface area contributed by atoms with Crippen LogP contribution < -0.4 is 10.5 Å². The number of benzene rings is 2. The van der Waals surface area contributed by atoms with Crippen LogP contribution in [0.15, 0.2) is 65.5 Å². The second-order valence-corrected chi connectivity index (χ2v) is 7.50. The van der Waals surface area contributed by atoms with Crippen LogP contribution in [0, 0.1) is 6.92 Å². The zero-order chi connectivity index (χ0) is 20.4. The van der Waals surface area contributed by atoms with Crippen molar-refractivity contribution in [2.75, 3.05) is 31.1 Å². The summed E-state index contributed by atoms with van der Waals surface area (Å²) in [6, 6.07) is 17.9. The van der Waals surface area contributed by atoms with Crippen LogP contribution in [0.5, 0.6) is 0 Å². The van der Waals surface area contributed by atoms with E-state index < -0.39 is 0 Å². The summed E-state index contributed by atoms with van der Waals surface area (Å²) in [5.41, 5.74) is 2.25. The number of nitrogens with zero attached hydrogens (tertiary/aromatic N) is 4. The third-order valence-electron chi connectivity index (χ3n) is 5.01. The predicted octanol–water partition coefficient (Wildman–Crippen LogP) is 3.16. The smallest absolute Gasteiger partial charge is 0.271 e. The Morgan fingerprint density at radius 2 is 1.69 bits per heavy atom. The van der Waals surface area contributed by atoms with E-state index in [1.165, 1.54) is 10.7 Å². The highest BCUT2D eigenvalue weighted by atomic mass is 35.5. The Labute approximate surface area is 173 Å². The van der Waals surface area contributed by atoms with Gasteiger partial charge in [-0.15, -0.1) is 5.10 Å². The minimum absolute atomic E-state index is 0.0486. The molecule has 0 bridgehead atoms. The second-order valence-electron chi connectivity index (χ2n) is 7.07. The van der Waals surface area contributed by atoms with Gasteiger partial charge in [-0.05, 0) is 49.4 Å². The molecule has 0 atom stereocenters. The number of aryl methyl sites for hydroxylation is 1. The van der Waals surface area contributed by atoms with Crippen LogP contribution >= 0.6 is 11.6 Å². The van der Waals surface area contributed by atoms with Gasteiger partial charge in [0.25, 0.3) is 11.5 Å². The Morgan fingerprint density at radius 1 is 0.966 bits per heavy atom. The van der Waals surface area contributed by atoms with Crippen molar-refractivity contribution in [3.63, 3.8) is 0 Å². The fourth-order valence-electron chi connectivity index (χ4n) is 3.44. The van der Waals surface area contributed by atoms with Crippen LogP contribution in [0.1, 0.15) is 15.9 Å². The highest BCUT2D eigenvalue weighted by Gasteiger charge is 2.23. The monoisotopic (exact) mass is 408 g/mol. The number of carbonyl (C=O) groups is 1. The molecule has 4 rings (SSSR count). The first-order valence-electron chi connectivity index (χ1n) is 9.48. The van der Waals surface area contributed by atoms with Gasteiger partial charge in [0.2, 0.25) is 0 Å². The number of anilines is 1. The molecule has 3 aromatic rings. The molecule has 1 saturated heterocycles. The molecular weight excluding hydrogens is 388 g/mol. The van der Waals surface area contributed by atoms with Gasteiger partial charge >= 0.3 is 0 Å². The van der Waals surface area contributed by atoms with Crippen molar-refractivity contribution in [3.8, 4) is 5.69 Å². The highest BCUT2D eigenvalue weighted by molar-refractivity contribution is 6.30. The van der Waals surface area contributed by atoms with Crippen LogP contribution in [-0.2, 0) is 0 Å². The summed E-state index contributed by atoms with van der Waals surface area (Å²) in [5, 5.41) is 5.12. The fourth-order valence-corrected chi connectivity index (χ4v) is 3.56. The molecule has 0 saturated carbocycles. The maximum atomic E-state index is 12.7. The highest BCUT2D eigenvalue weighted by Crippen LogP contribution is 2.16. The third kappa shape index (κ3) is 4.17. The topological polar surface area (TPSA) is 58.4 Å². The minimum Gasteiger partial charge on any atom is -0.352 e. The van der Waals surface area contributed by atoms with E-state index in [4.69, 9.17) is 11.6 Å². The molecular formula is C22H21ClN4O2. The Hall–Kier alpha value is -3.12. The molecule has 29 heavy (non-hydrogen) atoms. The van der Waals surface area contributed by atoms with E-state index in [0.29, 0.717) is 48.3 Å². The number of amides is 1. The number of rotatable bonds is 3. The lowest BCUT2D eigenvalue weighted by Gasteiger charge is -2.35. The molecule has 2 heterocycles. The van der Waals surface area contributed by atoms with Crippen molar-refractivity contribution < 1.29 is 4.79 Å². The Morgan fingerprint density at radius 3 is 2.38 bits per heavy atom. The Balaban J connectivity index is 1.49. The van der Waals surface area contributed by atoms with Gasteiger partial charge < -0.3 is 9.80 Å². The van der Waals surface area contributed by atoms with Gasteiger partial charge in [0.15, 0.2) is 0 Å². The van der Waals surface area contributed by atoms with Gasteiger partial charge in [0.1, 0.15) is 5.82 Å². The van der Waals surface area contributed by atoms with Gasteiger partial charge in [-0.1, -0.05) is 29.3 Å². The van der Waals surface area contributed by atoms with E-state index in [9.17, 15) is 9.59 Å². The molecule has 1 aromatic heterocycles. The van der Waals surface area contributed by atoms with Gasteiger partial charge in [0, 0.05) is 42.8 Å². The summed E-state index contributed by atoms with van der Waals surface area (Å²) >= 11 is 5.94. The maximum absolute atomic E-state index is 12.7. The zero-order valence-electron chi connectivity index (χ0n) is 16.1. The van der Waals surface area contributed by atoms with Crippen molar-refractivity contribution in [1.82, 2.24) is 14.7 Å². The largest absolute Gasteiger partial charge is 0.352 e. The summed E-state index contributed by atoms with van der Waals surface area (Å²) in [5.74, 6) is 0.759. The van der Waals surface area contributed by atoms with Crippen LogP contribution in [0.25, 0.3) is 5.69 Å². The van der Waals surface area contributed by atoms with Crippen molar-refractivity contribution in [3.05, 3.63) is 87.2 Å². The van der Waals surface area contributed by atoms with Crippen molar-refractivity contribution in [1.29, 1.82) is 0 Å². The lowest BCUT2D eigenvalue weighted by Crippen LogP contribution is -2.49. The maximum Gasteiger partial charge on any atom is 0.271 e. The average Bonchev–Trinajstić information content (AvgIpc) is 2.74. The molecule has 6 nitrogen and oxygen atoms in total. The molecule has 0 N–H and O–H groups in total. The van der Waals surface area contributed by atoms with Crippen LogP contribution in [0.4, 0.5) is 5.82 Å². The van der Waals surface area contributed by atoms with E-state index in [0.717, 1.165) is 5.56 Å². The van der Waals surface area contributed by atoms with Gasteiger partial charge in [-0.3, -0.25) is 9.59 Å². The van der Waals surface area contributed by atoms with Gasteiger partial charge in [0.05, 0.1) is 5.69 Å². The van der Waals surface area contributed by atoms with Gasteiger partial charge in [-0.2, -0.15) is 4.68 Å². The summed E-state index contributed by atoms with van der Waals surface area (Å²) in [7, 11) is 0. The first kappa shape index (κ1) is 19.2. The van der Waals surface area contributed by atoms with Crippen molar-refractivity contribution in [2.24, 2.45) is 0 Å². The molecule has 0 unspecified atom stereocenters. The van der Waals surface area contributed by atoms with E-state index in [1.807, 2.05) is 36.1 Å². The molecule has 2 aromatic carbocycles. The molecule has 0 aliphatic carbocycles. The number of hydrogen-bond acceptors (Lipinski definition) is 4. The van der Waals surface area contributed by atoms with Crippen molar-refractivity contribution >= 4 is 23.3 Å². The third-order valence-corrected chi connectivity index (χ3v) is 5.27. The molecule has 148 valence electrons. The summed E-state index contributed by atoms with van der Waals surface area (Å²) in [6.07, 6.45) is 0. The molecule has 1 aliphatic rings. The van der Waals surface area contributed by atoms with Gasteiger partial charge in [-0.25, -0.2) is 0 Å². The lowest BCUT2D eigenvalue weighted by molar-refractivity contribution is 0.0746. The predicted molar refractivity (Wildman–Crippen MR) is 114 cm³/mol. The summed E-state index contributed by atoms with van der Waals surface area (Å²) < 4.78 is 1.37. The average molecular weight is 409 g/mol. The molecule has 7 heteroatoms. The summed E-state index contributed by atoms with van der Waals surface area (Å²) in [4.78, 5) is 29.0. The first-order valence-corrected chi connectivity index (χ1v) is 9.86. The van der Waals surface area contributed by atoms with Crippen molar-refractivity contribution in [2.45, 2.75) is 6.92 Å². The van der Waals surface area contributed by atoms with E-state index in [2.05, 4.69) is 10.00 Å². The minimum atomic E-state index is -0.204. The number of piperazine rings is 1. The Bertz CT molecular complexity index is 1090. The van der Waals surface area contributed by atoms with Crippen LogP contribution in [-0.4, -0.2) is 46.8 Å². The first-order chi connectivity index (χ1) is 14.0. The number of halogens is 1. The quantitative estimate of drug-likeness (QED) is 0.668. The molecule has 0 spiro atoms. The SMILES string of the molecule is Cc1cccc(C(=O)N2CCN(c3ccc(=O)n(-c4ccc(Cl)cc4)n3)CC2)c1. The van der Waals surface area contributed by atoms with Crippen LogP contribution in [0.2, 0.25) is 5.02 Å². The van der Waals surface area contributed by atoms with E-state index in [1.54, 1.807) is 30.3 Å². The number of aromatic nitrogens is 2. The number of hydrogen-bond donors (Lipinski definition) is 0. The van der Waals surface area contributed by atoms with E-state index in [-0.39, 0.29) is 11.5 Å². The second kappa shape index (κ2) is 8.09. The molecule has 0 radical (unpaired) electrons. The standard InChI is InChI=1S/C22H21ClN4O2/c1-16-3-2-4-17(15-16)22(29)26-13-11-25(12-14-26)20-9-10-21(28)27(24-20)19-7-5-18(23)6-8-19/h2-10,15H,11-14H2,1H3. The fraction of sp³-hybridized carbons (Fsp3) is 0.227. The molecule has 1 aliphatic heterocycles. The Kier molecular flexibility index (Phi) is 5.36. The lowest BCUT2D eigenvalue weighted by atomic mass is 10.1. The normalized spacial score (nSPS) is 14.1. The summed E-state index contributed by atoms with van der Waals surface area (Å²) in [6.45, 7) is 4.51. The van der Waals surface area contributed by atoms with E-state index >= 15 is 0 Å². The number of carbonyl (C=O) groups excluding carboxylic acids is 1.